The number of benzene rings is 2. The summed E-state index contributed by atoms with van der Waals surface area (Å²) in [5.41, 5.74) is 2.43. The van der Waals surface area contributed by atoms with Crippen molar-refractivity contribution in [3.8, 4) is 16.9 Å². The van der Waals surface area contributed by atoms with Gasteiger partial charge in [-0.05, 0) is 12.1 Å². The fraction of sp³-hybridized carbons (Fsp3) is 0.150. The van der Waals surface area contributed by atoms with Gasteiger partial charge in [-0.3, -0.25) is 0 Å². The second-order valence-electron chi connectivity index (χ2n) is 5.89. The zero-order valence-corrected chi connectivity index (χ0v) is 13.9. The van der Waals surface area contributed by atoms with Crippen molar-refractivity contribution in [2.75, 3.05) is 6.61 Å². The summed E-state index contributed by atoms with van der Waals surface area (Å²) >= 11 is 0. The molecule has 0 unspecified atom stereocenters. The highest BCUT2D eigenvalue weighted by Gasteiger charge is 2.32. The molecule has 0 aliphatic carbocycles. The van der Waals surface area contributed by atoms with Crippen LogP contribution in [0.15, 0.2) is 66.9 Å². The van der Waals surface area contributed by atoms with Crippen molar-refractivity contribution < 1.29 is 19.1 Å². The Balaban J connectivity index is 1.73. The molecule has 0 bridgehead atoms. The lowest BCUT2D eigenvalue weighted by molar-refractivity contribution is -0.145. The van der Waals surface area contributed by atoms with E-state index in [1.54, 1.807) is 10.9 Å². The van der Waals surface area contributed by atoms with E-state index in [9.17, 15) is 9.59 Å². The zero-order valence-electron chi connectivity index (χ0n) is 13.9. The Kier molecular flexibility index (Phi) is 4.23. The van der Waals surface area contributed by atoms with E-state index in [1.807, 2.05) is 60.7 Å². The number of carbonyl (C=O) groups is 2. The molecule has 130 valence electrons. The molecule has 0 radical (unpaired) electrons. The van der Waals surface area contributed by atoms with Gasteiger partial charge in [-0.15, -0.1) is 0 Å². The average molecular weight is 348 g/mol. The smallest absolute Gasteiger partial charge is 0.347 e. The van der Waals surface area contributed by atoms with Gasteiger partial charge in [0.2, 0.25) is 6.10 Å². The summed E-state index contributed by atoms with van der Waals surface area (Å²) in [6.07, 6.45) is 1.14. The van der Waals surface area contributed by atoms with Crippen LogP contribution in [0, 0.1) is 0 Å². The van der Waals surface area contributed by atoms with Gasteiger partial charge >= 0.3 is 11.9 Å². The summed E-state index contributed by atoms with van der Waals surface area (Å²) in [6.45, 7) is 0.269. The summed E-state index contributed by atoms with van der Waals surface area (Å²) in [6, 6.07) is 18.9. The standard InChI is InChI=1S/C20H16N2O4/c23-19(26-17-11-12-25-20(17)24)16-13-22(15-9-5-2-6-10-15)21-18(16)14-7-3-1-4-8-14/h1-10,13,17H,11-12H2/t17-/m0/s1. The Hall–Kier alpha value is -3.41. The number of carbonyl (C=O) groups excluding carboxylic acids is 2. The minimum atomic E-state index is -0.855. The van der Waals surface area contributed by atoms with E-state index >= 15 is 0 Å². The highest BCUT2D eigenvalue weighted by Crippen LogP contribution is 2.25. The SMILES string of the molecule is O=C(O[C@H]1CCOC1=O)c1cn(-c2ccccc2)nc1-c1ccccc1. The highest BCUT2D eigenvalue weighted by atomic mass is 16.6. The highest BCUT2D eigenvalue weighted by molar-refractivity contribution is 5.97. The second-order valence-corrected chi connectivity index (χ2v) is 5.89. The predicted molar refractivity (Wildman–Crippen MR) is 93.8 cm³/mol. The molecule has 2 heterocycles. The fourth-order valence-electron chi connectivity index (χ4n) is 2.82. The third kappa shape index (κ3) is 3.09. The van der Waals surface area contributed by atoms with E-state index in [0.717, 1.165) is 11.3 Å². The molecular weight excluding hydrogens is 332 g/mol. The van der Waals surface area contributed by atoms with Crippen LogP contribution in [0.1, 0.15) is 16.8 Å². The maximum Gasteiger partial charge on any atom is 0.347 e. The van der Waals surface area contributed by atoms with Gasteiger partial charge in [0.25, 0.3) is 0 Å². The number of cyclic esters (lactones) is 1. The van der Waals surface area contributed by atoms with Gasteiger partial charge < -0.3 is 9.47 Å². The lowest BCUT2D eigenvalue weighted by atomic mass is 10.1. The van der Waals surface area contributed by atoms with Gasteiger partial charge in [0.1, 0.15) is 11.3 Å². The maximum atomic E-state index is 12.7. The number of esters is 2. The number of aromatic nitrogens is 2. The van der Waals surface area contributed by atoms with Gasteiger partial charge in [-0.1, -0.05) is 48.5 Å². The predicted octanol–water partition coefficient (Wildman–Crippen LogP) is 3.01. The van der Waals surface area contributed by atoms with Crippen LogP contribution in [0.5, 0.6) is 0 Å². The van der Waals surface area contributed by atoms with Gasteiger partial charge in [0.05, 0.1) is 12.3 Å². The number of ether oxygens (including phenoxy) is 2. The number of nitrogens with zero attached hydrogens (tertiary/aromatic N) is 2. The van der Waals surface area contributed by atoms with E-state index in [4.69, 9.17) is 9.47 Å². The van der Waals surface area contributed by atoms with Crippen molar-refractivity contribution in [1.29, 1.82) is 0 Å². The van der Waals surface area contributed by atoms with Gasteiger partial charge in [0, 0.05) is 18.2 Å². The quantitative estimate of drug-likeness (QED) is 0.678. The van der Waals surface area contributed by atoms with E-state index in [2.05, 4.69) is 5.10 Å². The van der Waals surface area contributed by atoms with Crippen molar-refractivity contribution in [3.05, 3.63) is 72.4 Å². The first-order valence-electron chi connectivity index (χ1n) is 8.30. The van der Waals surface area contributed by atoms with Crippen LogP contribution in [0.4, 0.5) is 0 Å². The second kappa shape index (κ2) is 6.84. The Labute approximate surface area is 150 Å². The largest absolute Gasteiger partial charge is 0.463 e. The van der Waals surface area contributed by atoms with E-state index in [-0.39, 0.29) is 6.61 Å². The maximum absolute atomic E-state index is 12.7. The number of hydrogen-bond acceptors (Lipinski definition) is 5. The first-order valence-corrected chi connectivity index (χ1v) is 8.30. The van der Waals surface area contributed by atoms with E-state index in [0.29, 0.717) is 17.7 Å². The molecule has 1 fully saturated rings. The molecule has 1 saturated heterocycles. The molecule has 26 heavy (non-hydrogen) atoms. The monoisotopic (exact) mass is 348 g/mol. The number of hydrogen-bond donors (Lipinski definition) is 0. The topological polar surface area (TPSA) is 70.4 Å². The molecule has 6 heteroatoms. The minimum absolute atomic E-state index is 0.269. The molecule has 1 aliphatic heterocycles. The van der Waals surface area contributed by atoms with Crippen molar-refractivity contribution in [3.63, 3.8) is 0 Å². The van der Waals surface area contributed by atoms with Crippen LogP contribution in [-0.4, -0.2) is 34.4 Å². The van der Waals surface area contributed by atoms with Crippen molar-refractivity contribution in [2.45, 2.75) is 12.5 Å². The molecule has 1 atom stereocenters. The lowest BCUT2D eigenvalue weighted by Crippen LogP contribution is -2.22. The van der Waals surface area contributed by atoms with Crippen LogP contribution in [0.2, 0.25) is 0 Å². The van der Waals surface area contributed by atoms with Crippen LogP contribution in [-0.2, 0) is 14.3 Å². The summed E-state index contributed by atoms with van der Waals surface area (Å²) in [5, 5.41) is 4.57. The molecule has 0 N–H and O–H groups in total. The fourth-order valence-corrected chi connectivity index (χ4v) is 2.82. The average Bonchev–Trinajstić information content (AvgIpc) is 3.30. The molecule has 0 saturated carbocycles. The van der Waals surface area contributed by atoms with E-state index < -0.39 is 18.0 Å². The van der Waals surface area contributed by atoms with Crippen LogP contribution < -0.4 is 0 Å². The molecule has 1 aliphatic rings. The van der Waals surface area contributed by atoms with Gasteiger partial charge in [-0.25, -0.2) is 14.3 Å². The third-order valence-electron chi connectivity index (χ3n) is 4.14. The molecule has 3 aromatic rings. The molecule has 6 nitrogen and oxygen atoms in total. The molecule has 0 amide bonds. The normalized spacial score (nSPS) is 16.3. The first-order chi connectivity index (χ1) is 12.7. The molecular formula is C20H16N2O4. The van der Waals surface area contributed by atoms with Crippen molar-refractivity contribution in [1.82, 2.24) is 9.78 Å². The molecule has 4 rings (SSSR count). The number of rotatable bonds is 4. The molecule has 2 aromatic carbocycles. The van der Waals surface area contributed by atoms with Gasteiger partial charge in [0.15, 0.2) is 0 Å². The zero-order chi connectivity index (χ0) is 17.9. The van der Waals surface area contributed by atoms with Crippen LogP contribution in [0.3, 0.4) is 0 Å². The van der Waals surface area contributed by atoms with E-state index in [1.165, 1.54) is 0 Å². The Morgan fingerprint density at radius 1 is 1.08 bits per heavy atom. The Morgan fingerprint density at radius 3 is 2.42 bits per heavy atom. The minimum Gasteiger partial charge on any atom is -0.463 e. The first kappa shape index (κ1) is 16.1. The Morgan fingerprint density at radius 2 is 1.77 bits per heavy atom. The number of para-hydroxylation sites is 1. The Bertz CT molecular complexity index is 935. The third-order valence-corrected chi connectivity index (χ3v) is 4.14. The summed E-state index contributed by atoms with van der Waals surface area (Å²) in [7, 11) is 0. The molecule has 1 aromatic heterocycles. The van der Waals surface area contributed by atoms with Crippen LogP contribution >= 0.6 is 0 Å². The van der Waals surface area contributed by atoms with Crippen LogP contribution in [0.25, 0.3) is 16.9 Å². The van der Waals surface area contributed by atoms with Gasteiger partial charge in [-0.2, -0.15) is 5.10 Å². The lowest BCUT2D eigenvalue weighted by Gasteiger charge is -2.08. The summed E-state index contributed by atoms with van der Waals surface area (Å²) in [5.74, 6) is -1.09. The summed E-state index contributed by atoms with van der Waals surface area (Å²) in [4.78, 5) is 24.3. The van der Waals surface area contributed by atoms with Crippen molar-refractivity contribution in [2.24, 2.45) is 0 Å². The molecule has 0 spiro atoms. The summed E-state index contributed by atoms with van der Waals surface area (Å²) < 4.78 is 11.8. The van der Waals surface area contributed by atoms with Crippen molar-refractivity contribution >= 4 is 11.9 Å².